The molecule has 0 aromatic carbocycles. The lowest BCUT2D eigenvalue weighted by atomic mass is 9.86. The highest BCUT2D eigenvalue weighted by Crippen LogP contribution is 2.46. The van der Waals surface area contributed by atoms with Crippen LogP contribution in [-0.2, 0) is 5.41 Å². The van der Waals surface area contributed by atoms with Gasteiger partial charge < -0.3 is 5.11 Å². The molecular formula is C15H22N2O. The Morgan fingerprint density at radius 2 is 1.94 bits per heavy atom. The second-order valence-electron chi connectivity index (χ2n) is 6.03. The fourth-order valence-electron chi connectivity index (χ4n) is 3.04. The van der Waals surface area contributed by atoms with E-state index in [4.69, 9.17) is 4.98 Å². The molecule has 3 rings (SSSR count). The van der Waals surface area contributed by atoms with Gasteiger partial charge in [0.25, 0.3) is 0 Å². The molecule has 0 unspecified atom stereocenters. The van der Waals surface area contributed by atoms with E-state index in [-0.39, 0.29) is 12.0 Å². The smallest absolute Gasteiger partial charge is 0.137 e. The first-order valence-corrected chi connectivity index (χ1v) is 7.20. The number of aryl methyl sites for hydroxylation is 1. The normalized spacial score (nSPS) is 23.0. The van der Waals surface area contributed by atoms with Crippen LogP contribution in [0, 0.1) is 6.92 Å². The number of aromatic nitrogens is 2. The standard InChI is InChI=1S/C15H22N2O/c1-11-9-13(12-5-3-2-4-6-12)17-14(16-11)15(10-18)7-8-15/h9,12,18H,2-8,10H2,1H3. The highest BCUT2D eigenvalue weighted by Gasteiger charge is 2.46. The minimum Gasteiger partial charge on any atom is -0.395 e. The lowest BCUT2D eigenvalue weighted by Gasteiger charge is -2.22. The van der Waals surface area contributed by atoms with E-state index in [0.717, 1.165) is 24.4 Å². The second-order valence-corrected chi connectivity index (χ2v) is 6.03. The molecule has 18 heavy (non-hydrogen) atoms. The molecule has 2 aliphatic carbocycles. The Hall–Kier alpha value is -0.960. The average Bonchev–Trinajstić information content (AvgIpc) is 3.20. The first-order chi connectivity index (χ1) is 8.73. The summed E-state index contributed by atoms with van der Waals surface area (Å²) in [5, 5.41) is 9.52. The largest absolute Gasteiger partial charge is 0.395 e. The Balaban J connectivity index is 1.90. The van der Waals surface area contributed by atoms with Crippen LogP contribution < -0.4 is 0 Å². The molecule has 1 N–H and O–H groups in total. The molecule has 3 heteroatoms. The van der Waals surface area contributed by atoms with E-state index in [0.29, 0.717) is 5.92 Å². The highest BCUT2D eigenvalue weighted by atomic mass is 16.3. The van der Waals surface area contributed by atoms with E-state index in [2.05, 4.69) is 11.1 Å². The molecule has 2 fully saturated rings. The van der Waals surface area contributed by atoms with Gasteiger partial charge in [-0.1, -0.05) is 19.3 Å². The van der Waals surface area contributed by atoms with Crippen LogP contribution in [0.2, 0.25) is 0 Å². The maximum atomic E-state index is 9.52. The van der Waals surface area contributed by atoms with Crippen LogP contribution in [0.5, 0.6) is 0 Å². The number of rotatable bonds is 3. The van der Waals surface area contributed by atoms with E-state index >= 15 is 0 Å². The molecule has 0 saturated heterocycles. The van der Waals surface area contributed by atoms with E-state index in [9.17, 15) is 5.11 Å². The number of nitrogens with zero attached hydrogens (tertiary/aromatic N) is 2. The zero-order chi connectivity index (χ0) is 12.6. The number of aliphatic hydroxyl groups excluding tert-OH is 1. The maximum Gasteiger partial charge on any atom is 0.137 e. The van der Waals surface area contributed by atoms with Gasteiger partial charge in [-0.05, 0) is 38.7 Å². The quantitative estimate of drug-likeness (QED) is 0.892. The predicted octanol–water partition coefficient (Wildman–Crippen LogP) is 2.86. The zero-order valence-electron chi connectivity index (χ0n) is 11.2. The van der Waals surface area contributed by atoms with Crippen LogP contribution in [0.4, 0.5) is 0 Å². The van der Waals surface area contributed by atoms with Crippen molar-refractivity contribution < 1.29 is 5.11 Å². The SMILES string of the molecule is Cc1cc(C2CCCCC2)nc(C2(CO)CC2)n1. The summed E-state index contributed by atoms with van der Waals surface area (Å²) >= 11 is 0. The zero-order valence-corrected chi connectivity index (χ0v) is 11.2. The fraction of sp³-hybridized carbons (Fsp3) is 0.733. The van der Waals surface area contributed by atoms with Gasteiger partial charge in [0, 0.05) is 17.3 Å². The minimum atomic E-state index is -0.102. The molecule has 2 saturated carbocycles. The van der Waals surface area contributed by atoms with Gasteiger partial charge >= 0.3 is 0 Å². The Kier molecular flexibility index (Phi) is 3.10. The molecule has 0 spiro atoms. The molecule has 0 bridgehead atoms. The van der Waals surface area contributed by atoms with Crippen LogP contribution in [0.3, 0.4) is 0 Å². The summed E-state index contributed by atoms with van der Waals surface area (Å²) in [5.41, 5.74) is 2.17. The van der Waals surface area contributed by atoms with Crippen LogP contribution in [0.1, 0.15) is 68.1 Å². The monoisotopic (exact) mass is 246 g/mol. The van der Waals surface area contributed by atoms with Crippen molar-refractivity contribution in [2.45, 2.75) is 63.2 Å². The van der Waals surface area contributed by atoms with Gasteiger partial charge in [0.05, 0.1) is 12.0 Å². The third-order valence-electron chi connectivity index (χ3n) is 4.53. The maximum absolute atomic E-state index is 9.52. The second kappa shape index (κ2) is 4.61. The summed E-state index contributed by atoms with van der Waals surface area (Å²) in [6.07, 6.45) is 8.63. The molecular weight excluding hydrogens is 224 g/mol. The molecule has 98 valence electrons. The van der Waals surface area contributed by atoms with Crippen molar-refractivity contribution in [2.24, 2.45) is 0 Å². The van der Waals surface area contributed by atoms with E-state index in [1.54, 1.807) is 0 Å². The Morgan fingerprint density at radius 3 is 2.56 bits per heavy atom. The van der Waals surface area contributed by atoms with Gasteiger partial charge in [-0.15, -0.1) is 0 Å². The molecule has 2 aliphatic rings. The average molecular weight is 246 g/mol. The lowest BCUT2D eigenvalue weighted by Crippen LogP contribution is -2.19. The van der Waals surface area contributed by atoms with Gasteiger partial charge in [0.1, 0.15) is 5.82 Å². The molecule has 0 atom stereocenters. The lowest BCUT2D eigenvalue weighted by molar-refractivity contribution is 0.249. The molecule has 3 nitrogen and oxygen atoms in total. The highest BCUT2D eigenvalue weighted by molar-refractivity contribution is 5.24. The van der Waals surface area contributed by atoms with Gasteiger partial charge in [0.2, 0.25) is 0 Å². The summed E-state index contributed by atoms with van der Waals surface area (Å²) in [7, 11) is 0. The van der Waals surface area contributed by atoms with E-state index in [1.807, 2.05) is 6.92 Å². The molecule has 1 aromatic heterocycles. The van der Waals surface area contributed by atoms with Crippen LogP contribution in [-0.4, -0.2) is 21.7 Å². The summed E-state index contributed by atoms with van der Waals surface area (Å²) in [6, 6.07) is 2.15. The number of hydrogen-bond acceptors (Lipinski definition) is 3. The van der Waals surface area contributed by atoms with Crippen molar-refractivity contribution in [3.8, 4) is 0 Å². The summed E-state index contributed by atoms with van der Waals surface area (Å²) in [5.74, 6) is 1.51. The van der Waals surface area contributed by atoms with Crippen molar-refractivity contribution in [1.82, 2.24) is 9.97 Å². The fourth-order valence-corrected chi connectivity index (χ4v) is 3.04. The van der Waals surface area contributed by atoms with Gasteiger partial charge in [-0.3, -0.25) is 0 Å². The van der Waals surface area contributed by atoms with Gasteiger partial charge in [-0.25, -0.2) is 9.97 Å². The third-order valence-corrected chi connectivity index (χ3v) is 4.53. The molecule has 1 heterocycles. The van der Waals surface area contributed by atoms with Gasteiger partial charge in [0.15, 0.2) is 0 Å². The third kappa shape index (κ3) is 2.16. The first kappa shape index (κ1) is 12.1. The molecule has 0 aliphatic heterocycles. The molecule has 0 radical (unpaired) electrons. The number of aliphatic hydroxyl groups is 1. The van der Waals surface area contributed by atoms with Crippen molar-refractivity contribution >= 4 is 0 Å². The van der Waals surface area contributed by atoms with Crippen LogP contribution in [0.15, 0.2) is 6.07 Å². The topological polar surface area (TPSA) is 46.0 Å². The van der Waals surface area contributed by atoms with Crippen LogP contribution >= 0.6 is 0 Å². The first-order valence-electron chi connectivity index (χ1n) is 7.20. The van der Waals surface area contributed by atoms with Crippen LogP contribution in [0.25, 0.3) is 0 Å². The van der Waals surface area contributed by atoms with Crippen molar-refractivity contribution in [2.75, 3.05) is 6.61 Å². The summed E-state index contributed by atoms with van der Waals surface area (Å²) < 4.78 is 0. The van der Waals surface area contributed by atoms with E-state index < -0.39 is 0 Å². The van der Waals surface area contributed by atoms with Crippen molar-refractivity contribution in [3.63, 3.8) is 0 Å². The molecule has 1 aromatic rings. The Bertz CT molecular complexity index is 434. The summed E-state index contributed by atoms with van der Waals surface area (Å²) in [4.78, 5) is 9.35. The van der Waals surface area contributed by atoms with E-state index in [1.165, 1.54) is 37.8 Å². The minimum absolute atomic E-state index is 0.102. The number of hydrogen-bond donors (Lipinski definition) is 1. The predicted molar refractivity (Wildman–Crippen MR) is 70.6 cm³/mol. The Morgan fingerprint density at radius 1 is 1.22 bits per heavy atom. The van der Waals surface area contributed by atoms with Gasteiger partial charge in [-0.2, -0.15) is 0 Å². The molecule has 0 amide bonds. The van der Waals surface area contributed by atoms with Crippen molar-refractivity contribution in [3.05, 3.63) is 23.3 Å². The van der Waals surface area contributed by atoms with Crippen molar-refractivity contribution in [1.29, 1.82) is 0 Å². The Labute approximate surface area is 109 Å². The summed E-state index contributed by atoms with van der Waals surface area (Å²) in [6.45, 7) is 2.24.